The number of nitrogens with zero attached hydrogens (tertiary/aromatic N) is 4. The van der Waals surface area contributed by atoms with Gasteiger partial charge in [-0.1, -0.05) is 72.8 Å². The number of imidazole rings is 1. The van der Waals surface area contributed by atoms with Crippen molar-refractivity contribution in [3.63, 3.8) is 0 Å². The lowest BCUT2D eigenvalue weighted by Gasteiger charge is -2.39. The van der Waals surface area contributed by atoms with Gasteiger partial charge in [0.1, 0.15) is 0 Å². The number of hydrogen-bond acceptors (Lipinski definition) is 3. The summed E-state index contributed by atoms with van der Waals surface area (Å²) in [4.78, 5) is 24.3. The summed E-state index contributed by atoms with van der Waals surface area (Å²) in [5, 5.41) is 0. The largest absolute Gasteiger partial charge is 0.324 e. The molecule has 5 rings (SSSR count). The molecule has 1 aromatic heterocycles. The van der Waals surface area contributed by atoms with E-state index in [4.69, 9.17) is 0 Å². The molecule has 2 heterocycles. The molecule has 180 valence electrons. The van der Waals surface area contributed by atoms with E-state index in [1.807, 2.05) is 18.2 Å². The molecule has 1 N–H and O–H groups in total. The Labute approximate surface area is 206 Å². The molecular weight excluding hydrogens is 434 g/mol. The summed E-state index contributed by atoms with van der Waals surface area (Å²) < 4.78 is 2.13. The molecular formula is C29H33N5O. The van der Waals surface area contributed by atoms with Crippen LogP contribution in [0.3, 0.4) is 0 Å². The molecule has 0 saturated carbocycles. The van der Waals surface area contributed by atoms with Crippen LogP contribution < -0.4 is 5.62 Å². The highest BCUT2D eigenvalue weighted by molar-refractivity contribution is 5.76. The van der Waals surface area contributed by atoms with Crippen LogP contribution in [-0.4, -0.2) is 58.0 Å². The molecule has 3 aromatic carbocycles. The number of carbonyl (C=O) groups is 1. The van der Waals surface area contributed by atoms with Crippen LogP contribution >= 0.6 is 0 Å². The third-order valence-corrected chi connectivity index (χ3v) is 6.82. The van der Waals surface area contributed by atoms with E-state index in [0.29, 0.717) is 5.62 Å². The number of nitrogens with one attached hydrogen (secondary N) is 1. The molecule has 6 nitrogen and oxygen atoms in total. The number of benzene rings is 3. The first-order valence-corrected chi connectivity index (χ1v) is 12.5. The fourth-order valence-electron chi connectivity index (χ4n) is 5.16. The Morgan fingerprint density at radius 3 is 2.06 bits per heavy atom. The van der Waals surface area contributed by atoms with E-state index in [2.05, 4.69) is 91.1 Å². The van der Waals surface area contributed by atoms with Crippen molar-refractivity contribution in [3.05, 3.63) is 102 Å². The Morgan fingerprint density at radius 2 is 1.43 bits per heavy atom. The molecule has 1 saturated heterocycles. The molecule has 0 spiro atoms. The van der Waals surface area contributed by atoms with Gasteiger partial charge in [0.15, 0.2) is 0 Å². The Morgan fingerprint density at radius 1 is 0.829 bits per heavy atom. The Hall–Kier alpha value is -3.48. The third-order valence-electron chi connectivity index (χ3n) is 6.82. The monoisotopic (exact) mass is 467 g/mol. The van der Waals surface area contributed by atoms with Gasteiger partial charge < -0.3 is 14.5 Å². The Bertz CT molecular complexity index is 1280. The Kier molecular flexibility index (Phi) is 7.21. The first-order chi connectivity index (χ1) is 17.2. The van der Waals surface area contributed by atoms with E-state index in [-0.39, 0.29) is 11.9 Å². The first-order valence-electron chi connectivity index (χ1n) is 12.5. The standard InChI is InChI=1S/C29H33N5O/c1-23(35)30-29-31-26-15-8-9-16-27(26)34(29)18-10-17-32-19-21-33(22-20-32)28(24-11-4-2-5-12-24)25-13-6-3-7-14-25/h2-9,11-16,28H,10,17-22H2,1H3,(H,30,31,35). The van der Waals surface area contributed by atoms with E-state index in [1.165, 1.54) is 18.1 Å². The van der Waals surface area contributed by atoms with Crippen LogP contribution in [0, 0.1) is 0 Å². The molecule has 0 aliphatic carbocycles. The van der Waals surface area contributed by atoms with Gasteiger partial charge in [-0.05, 0) is 36.2 Å². The lowest BCUT2D eigenvalue weighted by Crippen LogP contribution is -2.48. The minimum atomic E-state index is -0.187. The van der Waals surface area contributed by atoms with Crippen molar-refractivity contribution in [1.29, 1.82) is 0 Å². The Balaban J connectivity index is 1.23. The highest BCUT2D eigenvalue weighted by Gasteiger charge is 2.26. The maximum atomic E-state index is 11.6. The van der Waals surface area contributed by atoms with Gasteiger partial charge in [-0.25, -0.2) is 0 Å². The molecule has 4 aromatic rings. The highest BCUT2D eigenvalue weighted by atomic mass is 16.1. The number of amides is 1. The van der Waals surface area contributed by atoms with Gasteiger partial charge in [-0.2, -0.15) is 4.99 Å². The number of rotatable bonds is 7. The topological polar surface area (TPSA) is 56.6 Å². The maximum absolute atomic E-state index is 11.6. The number of aryl methyl sites for hydroxylation is 1. The van der Waals surface area contributed by atoms with E-state index >= 15 is 0 Å². The van der Waals surface area contributed by atoms with Crippen molar-refractivity contribution >= 4 is 16.9 Å². The van der Waals surface area contributed by atoms with Crippen molar-refractivity contribution in [2.24, 2.45) is 4.99 Å². The molecule has 1 aliphatic heterocycles. The lowest BCUT2D eigenvalue weighted by atomic mass is 9.96. The molecule has 0 unspecified atom stereocenters. The van der Waals surface area contributed by atoms with Gasteiger partial charge in [-0.3, -0.25) is 9.69 Å². The average Bonchev–Trinajstić information content (AvgIpc) is 3.23. The predicted molar refractivity (Wildman–Crippen MR) is 140 cm³/mol. The van der Waals surface area contributed by atoms with Crippen molar-refractivity contribution in [3.8, 4) is 0 Å². The average molecular weight is 468 g/mol. The predicted octanol–water partition coefficient (Wildman–Crippen LogP) is 4.21. The molecule has 0 atom stereocenters. The number of carbonyl (C=O) groups excluding carboxylic acids is 1. The molecule has 1 fully saturated rings. The van der Waals surface area contributed by atoms with E-state index in [9.17, 15) is 4.79 Å². The lowest BCUT2D eigenvalue weighted by molar-refractivity contribution is -0.116. The fourth-order valence-corrected chi connectivity index (χ4v) is 5.16. The van der Waals surface area contributed by atoms with Crippen LogP contribution in [0.5, 0.6) is 0 Å². The number of para-hydroxylation sites is 2. The van der Waals surface area contributed by atoms with Gasteiger partial charge in [0.2, 0.25) is 11.5 Å². The zero-order valence-corrected chi connectivity index (χ0v) is 20.3. The van der Waals surface area contributed by atoms with E-state index < -0.39 is 0 Å². The van der Waals surface area contributed by atoms with E-state index in [1.54, 1.807) is 0 Å². The first kappa shape index (κ1) is 23.3. The molecule has 0 bridgehead atoms. The number of piperazine rings is 1. The van der Waals surface area contributed by atoms with Gasteiger partial charge >= 0.3 is 0 Å². The molecule has 6 heteroatoms. The van der Waals surface area contributed by atoms with Crippen LogP contribution in [0.4, 0.5) is 0 Å². The maximum Gasteiger partial charge on any atom is 0.245 e. The SMILES string of the molecule is CC(=O)/N=c1\[nH]c2ccccc2n1CCCN1CCN(C(c2ccccc2)c2ccccc2)CC1. The third kappa shape index (κ3) is 5.45. The summed E-state index contributed by atoms with van der Waals surface area (Å²) in [6.45, 7) is 7.54. The van der Waals surface area contributed by atoms with Crippen LogP contribution in [0.2, 0.25) is 0 Å². The normalized spacial score (nSPS) is 15.8. The zero-order chi connectivity index (χ0) is 24.0. The zero-order valence-electron chi connectivity index (χ0n) is 20.3. The molecule has 35 heavy (non-hydrogen) atoms. The van der Waals surface area contributed by atoms with Gasteiger partial charge in [0.05, 0.1) is 17.1 Å². The smallest absolute Gasteiger partial charge is 0.245 e. The number of aromatic amines is 1. The van der Waals surface area contributed by atoms with E-state index in [0.717, 1.165) is 56.7 Å². The summed E-state index contributed by atoms with van der Waals surface area (Å²) in [5.41, 5.74) is 5.44. The molecule has 0 radical (unpaired) electrons. The highest BCUT2D eigenvalue weighted by Crippen LogP contribution is 2.29. The summed E-state index contributed by atoms with van der Waals surface area (Å²) in [6.07, 6.45) is 1.01. The van der Waals surface area contributed by atoms with Crippen LogP contribution in [0.15, 0.2) is 89.9 Å². The quantitative estimate of drug-likeness (QED) is 0.443. The molecule has 1 aliphatic rings. The number of aromatic nitrogens is 2. The minimum absolute atomic E-state index is 0.187. The van der Waals surface area contributed by atoms with Gasteiger partial charge in [-0.15, -0.1) is 0 Å². The number of hydrogen-bond donors (Lipinski definition) is 1. The second kappa shape index (κ2) is 10.8. The van der Waals surface area contributed by atoms with Crippen LogP contribution in [0.25, 0.3) is 11.0 Å². The van der Waals surface area contributed by atoms with Crippen molar-refractivity contribution in [2.45, 2.75) is 25.9 Å². The summed E-state index contributed by atoms with van der Waals surface area (Å²) in [5.74, 6) is -0.187. The van der Waals surface area contributed by atoms with Crippen LogP contribution in [-0.2, 0) is 11.3 Å². The molecule has 1 amide bonds. The van der Waals surface area contributed by atoms with Crippen LogP contribution in [0.1, 0.15) is 30.5 Å². The summed E-state index contributed by atoms with van der Waals surface area (Å²) in [6, 6.07) is 30.1. The second-order valence-corrected chi connectivity index (χ2v) is 9.20. The minimum Gasteiger partial charge on any atom is -0.324 e. The van der Waals surface area contributed by atoms with Crippen molar-refractivity contribution in [1.82, 2.24) is 19.4 Å². The number of fused-ring (bicyclic) bond motifs is 1. The van der Waals surface area contributed by atoms with Gasteiger partial charge in [0, 0.05) is 39.6 Å². The number of H-pyrrole nitrogens is 1. The second-order valence-electron chi connectivity index (χ2n) is 9.20. The summed E-state index contributed by atoms with van der Waals surface area (Å²) >= 11 is 0. The van der Waals surface area contributed by atoms with Gasteiger partial charge in [0.25, 0.3) is 0 Å². The van der Waals surface area contributed by atoms with Crippen molar-refractivity contribution < 1.29 is 4.79 Å². The van der Waals surface area contributed by atoms with Crippen molar-refractivity contribution in [2.75, 3.05) is 32.7 Å². The fraction of sp³-hybridized carbons (Fsp3) is 0.310. The summed E-state index contributed by atoms with van der Waals surface area (Å²) in [7, 11) is 0.